The van der Waals surface area contributed by atoms with Gasteiger partial charge in [0.2, 0.25) is 6.43 Å². The Morgan fingerprint density at radius 2 is 1.71 bits per heavy atom. The molecule has 1 rings (SSSR count). The first kappa shape index (κ1) is 10.9. The van der Waals surface area contributed by atoms with E-state index in [1.807, 2.05) is 0 Å². The number of ether oxygens (including phenoxy) is 2. The average molecular weight is 208 g/mol. The van der Waals surface area contributed by atoms with Gasteiger partial charge in [-0.3, -0.25) is 9.59 Å². The van der Waals surface area contributed by atoms with Crippen LogP contribution in [0, 0.1) is 5.92 Å². The van der Waals surface area contributed by atoms with Gasteiger partial charge < -0.3 is 9.47 Å². The van der Waals surface area contributed by atoms with Crippen LogP contribution in [0.5, 0.6) is 0 Å². The van der Waals surface area contributed by atoms with Crippen molar-refractivity contribution < 1.29 is 27.8 Å². The van der Waals surface area contributed by atoms with Crippen LogP contribution >= 0.6 is 0 Å². The van der Waals surface area contributed by atoms with Gasteiger partial charge >= 0.3 is 11.9 Å². The quantitative estimate of drug-likeness (QED) is 0.503. The van der Waals surface area contributed by atoms with Crippen molar-refractivity contribution in [3.05, 3.63) is 0 Å². The molecule has 0 N–H and O–H groups in total. The summed E-state index contributed by atoms with van der Waals surface area (Å²) in [6, 6.07) is 0. The second-order valence-corrected chi connectivity index (χ2v) is 3.42. The second kappa shape index (κ2) is 3.51. The minimum Gasteiger partial charge on any atom is -0.422 e. The van der Waals surface area contributed by atoms with Crippen LogP contribution in [-0.2, 0) is 19.1 Å². The summed E-state index contributed by atoms with van der Waals surface area (Å²) in [6.07, 6.45) is -3.59. The number of rotatable bonds is 2. The average Bonchev–Trinajstić information content (AvgIpc) is 1.94. The summed E-state index contributed by atoms with van der Waals surface area (Å²) in [5, 5.41) is 0. The van der Waals surface area contributed by atoms with Crippen LogP contribution in [0.25, 0.3) is 0 Å². The molecule has 0 aliphatic carbocycles. The summed E-state index contributed by atoms with van der Waals surface area (Å²) in [5.74, 6) is -4.76. The van der Waals surface area contributed by atoms with Crippen LogP contribution in [0.2, 0.25) is 0 Å². The van der Waals surface area contributed by atoms with Gasteiger partial charge in [-0.1, -0.05) is 0 Å². The number of carbonyl (C=O) groups is 2. The van der Waals surface area contributed by atoms with Crippen molar-refractivity contribution in [3.63, 3.8) is 0 Å². The van der Waals surface area contributed by atoms with Gasteiger partial charge in [-0.2, -0.15) is 0 Å². The molecule has 1 aliphatic rings. The maximum absolute atomic E-state index is 11.9. The van der Waals surface area contributed by atoms with Gasteiger partial charge in [-0.15, -0.1) is 0 Å². The van der Waals surface area contributed by atoms with Crippen LogP contribution in [0.1, 0.15) is 20.3 Å². The van der Waals surface area contributed by atoms with Crippen molar-refractivity contribution in [1.29, 1.82) is 0 Å². The second-order valence-electron chi connectivity index (χ2n) is 3.42. The van der Waals surface area contributed by atoms with Gasteiger partial charge in [-0.05, 0) is 0 Å². The molecule has 0 aromatic heterocycles. The number of carbonyl (C=O) groups excluding carboxylic acids is 2. The molecule has 6 heteroatoms. The molecule has 80 valence electrons. The minimum absolute atomic E-state index is 0.853. The van der Waals surface area contributed by atoms with Crippen molar-refractivity contribution >= 4 is 11.9 Å². The summed E-state index contributed by atoms with van der Waals surface area (Å²) in [7, 11) is 0. The first-order chi connectivity index (χ1) is 6.32. The maximum Gasteiger partial charge on any atom is 0.323 e. The molecule has 0 bridgehead atoms. The van der Waals surface area contributed by atoms with Crippen molar-refractivity contribution in [2.75, 3.05) is 0 Å². The lowest BCUT2D eigenvalue weighted by Gasteiger charge is -2.32. The highest BCUT2D eigenvalue weighted by Crippen LogP contribution is 2.26. The summed E-state index contributed by atoms with van der Waals surface area (Å²) in [5.41, 5.74) is 0. The number of cyclic esters (lactones) is 2. The predicted octanol–water partition coefficient (Wildman–Crippen LogP) is 1.09. The first-order valence-corrected chi connectivity index (χ1v) is 4.06. The zero-order valence-corrected chi connectivity index (χ0v) is 7.75. The molecule has 1 fully saturated rings. The van der Waals surface area contributed by atoms with E-state index in [9.17, 15) is 18.4 Å². The smallest absolute Gasteiger partial charge is 0.323 e. The first-order valence-electron chi connectivity index (χ1n) is 4.06. The highest BCUT2D eigenvalue weighted by atomic mass is 19.3. The zero-order valence-electron chi connectivity index (χ0n) is 7.75. The van der Waals surface area contributed by atoms with Gasteiger partial charge in [0.25, 0.3) is 5.79 Å². The minimum atomic E-state index is -2.73. The van der Waals surface area contributed by atoms with Crippen LogP contribution in [-0.4, -0.2) is 24.2 Å². The molecule has 0 spiro atoms. The van der Waals surface area contributed by atoms with E-state index in [-0.39, 0.29) is 0 Å². The number of hydrogen-bond acceptors (Lipinski definition) is 4. The van der Waals surface area contributed by atoms with E-state index in [0.29, 0.717) is 0 Å². The van der Waals surface area contributed by atoms with E-state index < -0.39 is 36.5 Å². The van der Waals surface area contributed by atoms with Gasteiger partial charge in [0.05, 0.1) is 0 Å². The monoisotopic (exact) mass is 208 g/mol. The predicted molar refractivity (Wildman–Crippen MR) is 40.4 cm³/mol. The highest BCUT2D eigenvalue weighted by molar-refractivity contribution is 5.96. The Labute approximate surface area is 79.2 Å². The molecule has 0 saturated carbocycles. The largest absolute Gasteiger partial charge is 0.422 e. The van der Waals surface area contributed by atoms with Gasteiger partial charge in [0, 0.05) is 20.3 Å². The Morgan fingerprint density at radius 3 is 2.07 bits per heavy atom. The molecule has 1 aliphatic heterocycles. The lowest BCUT2D eigenvalue weighted by atomic mass is 10.1. The number of halogens is 2. The SMILES string of the molecule is CC1(C)OC(=O)C(CC(F)F)C(=O)O1. The Balaban J connectivity index is 2.71. The van der Waals surface area contributed by atoms with Gasteiger partial charge in [-0.25, -0.2) is 8.78 Å². The number of hydrogen-bond donors (Lipinski definition) is 0. The molecule has 0 atom stereocenters. The molecular weight excluding hydrogens is 198 g/mol. The van der Waals surface area contributed by atoms with E-state index in [2.05, 4.69) is 9.47 Å². The van der Waals surface area contributed by atoms with Gasteiger partial charge in [0.15, 0.2) is 5.92 Å². The van der Waals surface area contributed by atoms with Crippen molar-refractivity contribution in [2.24, 2.45) is 5.92 Å². The molecule has 14 heavy (non-hydrogen) atoms. The molecule has 0 radical (unpaired) electrons. The fourth-order valence-corrected chi connectivity index (χ4v) is 1.11. The Hall–Kier alpha value is -1.20. The lowest BCUT2D eigenvalue weighted by Crippen LogP contribution is -2.46. The van der Waals surface area contributed by atoms with Crippen molar-refractivity contribution in [2.45, 2.75) is 32.5 Å². The van der Waals surface area contributed by atoms with Gasteiger partial charge in [0.1, 0.15) is 0 Å². The maximum atomic E-state index is 11.9. The van der Waals surface area contributed by atoms with E-state index in [1.165, 1.54) is 13.8 Å². The molecule has 1 saturated heterocycles. The van der Waals surface area contributed by atoms with Crippen molar-refractivity contribution in [3.8, 4) is 0 Å². The van der Waals surface area contributed by atoms with E-state index in [4.69, 9.17) is 0 Å². The molecule has 0 aromatic rings. The van der Waals surface area contributed by atoms with E-state index in [1.54, 1.807) is 0 Å². The topological polar surface area (TPSA) is 52.6 Å². The number of esters is 2. The highest BCUT2D eigenvalue weighted by Gasteiger charge is 2.44. The summed E-state index contributed by atoms with van der Waals surface area (Å²) in [6.45, 7) is 2.72. The van der Waals surface area contributed by atoms with E-state index in [0.717, 1.165) is 0 Å². The fourth-order valence-electron chi connectivity index (χ4n) is 1.11. The third-order valence-corrected chi connectivity index (χ3v) is 1.68. The zero-order chi connectivity index (χ0) is 10.9. The third-order valence-electron chi connectivity index (χ3n) is 1.68. The van der Waals surface area contributed by atoms with Crippen LogP contribution in [0.4, 0.5) is 8.78 Å². The Morgan fingerprint density at radius 1 is 1.29 bits per heavy atom. The molecule has 0 amide bonds. The molecular formula is C8H10F2O4. The molecule has 0 unspecified atom stereocenters. The van der Waals surface area contributed by atoms with Crippen LogP contribution in [0.15, 0.2) is 0 Å². The van der Waals surface area contributed by atoms with E-state index >= 15 is 0 Å². The Bertz CT molecular complexity index is 242. The summed E-state index contributed by atoms with van der Waals surface area (Å²) < 4.78 is 33.2. The summed E-state index contributed by atoms with van der Waals surface area (Å²) >= 11 is 0. The fraction of sp³-hybridized carbons (Fsp3) is 0.750. The lowest BCUT2D eigenvalue weighted by molar-refractivity contribution is -0.241. The molecule has 0 aromatic carbocycles. The standard InChI is InChI=1S/C8H10F2O4/c1-8(2)13-6(11)4(3-5(9)10)7(12)14-8/h4-5H,3H2,1-2H3. The summed E-state index contributed by atoms with van der Waals surface area (Å²) in [4.78, 5) is 22.2. The Kier molecular flexibility index (Phi) is 2.73. The third kappa shape index (κ3) is 2.40. The van der Waals surface area contributed by atoms with Crippen LogP contribution in [0.3, 0.4) is 0 Å². The number of alkyl halides is 2. The van der Waals surface area contributed by atoms with Crippen molar-refractivity contribution in [1.82, 2.24) is 0 Å². The normalized spacial score (nSPS) is 22.1. The molecule has 1 heterocycles. The molecule has 4 nitrogen and oxygen atoms in total. The van der Waals surface area contributed by atoms with Crippen LogP contribution < -0.4 is 0 Å².